The van der Waals surface area contributed by atoms with E-state index in [-0.39, 0.29) is 0 Å². The van der Waals surface area contributed by atoms with Gasteiger partial charge in [0.25, 0.3) is 0 Å². The van der Waals surface area contributed by atoms with E-state index in [9.17, 15) is 0 Å². The second-order valence-corrected chi connectivity index (χ2v) is 7.27. The van der Waals surface area contributed by atoms with Crippen molar-refractivity contribution in [3.8, 4) is 22.5 Å². The van der Waals surface area contributed by atoms with Crippen molar-refractivity contribution in [3.63, 3.8) is 0 Å². The van der Waals surface area contributed by atoms with Crippen LogP contribution in [0, 0.1) is 6.92 Å². The van der Waals surface area contributed by atoms with Crippen LogP contribution in [0.4, 0.5) is 0 Å². The summed E-state index contributed by atoms with van der Waals surface area (Å²) >= 11 is 1.70. The standard InChI is InChI=1S/C20H17N3S/c1-13-4-2-5-14(10-13)19-20(23-9-3-6-18(23)22-19)15-7-8-16-17(11-15)24-12-21-16/h2,4-5,7-8,10-12H,3,6,9H2,1H3. The lowest BCUT2D eigenvalue weighted by molar-refractivity contribution is 0.756. The van der Waals surface area contributed by atoms with Crippen LogP contribution in [0.15, 0.2) is 48.0 Å². The molecule has 118 valence electrons. The molecule has 1 aliphatic rings. The van der Waals surface area contributed by atoms with Gasteiger partial charge in [0.2, 0.25) is 0 Å². The minimum Gasteiger partial charge on any atom is -0.327 e. The molecular formula is C20H17N3S. The van der Waals surface area contributed by atoms with Gasteiger partial charge in [0.1, 0.15) is 5.82 Å². The monoisotopic (exact) mass is 331 g/mol. The van der Waals surface area contributed by atoms with Crippen molar-refractivity contribution in [2.24, 2.45) is 0 Å². The summed E-state index contributed by atoms with van der Waals surface area (Å²) in [6.45, 7) is 3.19. The van der Waals surface area contributed by atoms with Gasteiger partial charge in [0.05, 0.1) is 27.1 Å². The Morgan fingerprint density at radius 3 is 2.96 bits per heavy atom. The molecular weight excluding hydrogens is 314 g/mol. The summed E-state index contributed by atoms with van der Waals surface area (Å²) in [5, 5.41) is 0. The Kier molecular flexibility index (Phi) is 3.06. The molecule has 0 aliphatic carbocycles. The predicted octanol–water partition coefficient (Wildman–Crippen LogP) is 5.08. The zero-order valence-corrected chi connectivity index (χ0v) is 14.3. The number of hydrogen-bond donors (Lipinski definition) is 0. The molecule has 0 unspecified atom stereocenters. The van der Waals surface area contributed by atoms with Crippen molar-refractivity contribution in [1.82, 2.24) is 14.5 Å². The van der Waals surface area contributed by atoms with E-state index in [1.165, 1.54) is 39.3 Å². The maximum atomic E-state index is 5.00. The number of aryl methyl sites for hydroxylation is 2. The number of rotatable bonds is 2. The summed E-state index contributed by atoms with van der Waals surface area (Å²) in [6, 6.07) is 15.2. The van der Waals surface area contributed by atoms with Gasteiger partial charge >= 0.3 is 0 Å². The third-order valence-electron chi connectivity index (χ3n) is 4.72. The van der Waals surface area contributed by atoms with Gasteiger partial charge in [0.15, 0.2) is 0 Å². The Labute approximate surface area is 144 Å². The van der Waals surface area contributed by atoms with Crippen molar-refractivity contribution in [2.45, 2.75) is 26.3 Å². The molecule has 0 spiro atoms. The van der Waals surface area contributed by atoms with E-state index in [1.54, 1.807) is 11.3 Å². The number of imidazole rings is 1. The van der Waals surface area contributed by atoms with E-state index in [4.69, 9.17) is 4.98 Å². The number of benzene rings is 2. The SMILES string of the molecule is Cc1cccc(-c2nc3n(c2-c2ccc4ncsc4c2)CCC3)c1. The molecule has 4 heteroatoms. The number of nitrogens with zero attached hydrogens (tertiary/aromatic N) is 3. The van der Waals surface area contributed by atoms with Gasteiger partial charge in [-0.25, -0.2) is 9.97 Å². The van der Waals surface area contributed by atoms with Crippen molar-refractivity contribution in [3.05, 3.63) is 59.4 Å². The van der Waals surface area contributed by atoms with Crippen molar-refractivity contribution < 1.29 is 0 Å². The predicted molar refractivity (Wildman–Crippen MR) is 99.3 cm³/mol. The zero-order valence-electron chi connectivity index (χ0n) is 13.5. The minimum absolute atomic E-state index is 1.06. The van der Waals surface area contributed by atoms with Crippen LogP contribution >= 0.6 is 11.3 Å². The first-order valence-electron chi connectivity index (χ1n) is 8.30. The van der Waals surface area contributed by atoms with E-state index in [2.05, 4.69) is 58.9 Å². The average Bonchev–Trinajstić information content (AvgIpc) is 3.29. The lowest BCUT2D eigenvalue weighted by atomic mass is 10.0. The fraction of sp³-hybridized carbons (Fsp3) is 0.200. The quantitative estimate of drug-likeness (QED) is 0.513. The summed E-state index contributed by atoms with van der Waals surface area (Å²) in [7, 11) is 0. The molecule has 0 atom stereocenters. The highest BCUT2D eigenvalue weighted by Crippen LogP contribution is 2.37. The summed E-state index contributed by atoms with van der Waals surface area (Å²) in [4.78, 5) is 9.40. The normalized spacial score (nSPS) is 13.5. The lowest BCUT2D eigenvalue weighted by Crippen LogP contribution is -1.96. The number of hydrogen-bond acceptors (Lipinski definition) is 3. The second-order valence-electron chi connectivity index (χ2n) is 6.38. The van der Waals surface area contributed by atoms with E-state index >= 15 is 0 Å². The molecule has 2 aromatic heterocycles. The molecule has 24 heavy (non-hydrogen) atoms. The fourth-order valence-corrected chi connectivity index (χ4v) is 4.33. The molecule has 0 radical (unpaired) electrons. The largest absolute Gasteiger partial charge is 0.327 e. The molecule has 0 saturated carbocycles. The molecule has 5 rings (SSSR count). The maximum Gasteiger partial charge on any atom is 0.109 e. The average molecular weight is 331 g/mol. The van der Waals surface area contributed by atoms with Crippen LogP contribution in [0.5, 0.6) is 0 Å². The van der Waals surface area contributed by atoms with Crippen LogP contribution in [0.1, 0.15) is 17.8 Å². The van der Waals surface area contributed by atoms with Crippen molar-refractivity contribution >= 4 is 21.6 Å². The Morgan fingerprint density at radius 2 is 2.04 bits per heavy atom. The third-order valence-corrected chi connectivity index (χ3v) is 5.52. The van der Waals surface area contributed by atoms with Crippen LogP contribution in [0.3, 0.4) is 0 Å². The van der Waals surface area contributed by atoms with Gasteiger partial charge in [0, 0.05) is 24.1 Å². The smallest absolute Gasteiger partial charge is 0.109 e. The first kappa shape index (κ1) is 13.9. The van der Waals surface area contributed by atoms with Gasteiger partial charge in [-0.1, -0.05) is 29.8 Å². The van der Waals surface area contributed by atoms with E-state index < -0.39 is 0 Å². The maximum absolute atomic E-state index is 5.00. The molecule has 0 N–H and O–H groups in total. The lowest BCUT2D eigenvalue weighted by Gasteiger charge is -2.09. The molecule has 0 fully saturated rings. The number of aromatic nitrogens is 3. The fourth-order valence-electron chi connectivity index (χ4n) is 3.61. The number of fused-ring (bicyclic) bond motifs is 2. The van der Waals surface area contributed by atoms with Crippen LogP contribution in [-0.4, -0.2) is 14.5 Å². The van der Waals surface area contributed by atoms with Crippen molar-refractivity contribution in [2.75, 3.05) is 0 Å². The van der Waals surface area contributed by atoms with Gasteiger partial charge < -0.3 is 4.57 Å². The highest BCUT2D eigenvalue weighted by molar-refractivity contribution is 7.16. The first-order valence-corrected chi connectivity index (χ1v) is 9.17. The Hall–Kier alpha value is -2.46. The van der Waals surface area contributed by atoms with Crippen LogP contribution in [0.2, 0.25) is 0 Å². The molecule has 0 saturated heterocycles. The first-order chi connectivity index (χ1) is 11.8. The van der Waals surface area contributed by atoms with Gasteiger partial charge in [-0.15, -0.1) is 11.3 Å². The van der Waals surface area contributed by atoms with Crippen LogP contribution < -0.4 is 0 Å². The Morgan fingerprint density at radius 1 is 1.08 bits per heavy atom. The molecule has 3 heterocycles. The van der Waals surface area contributed by atoms with E-state index in [1.807, 2.05) is 5.51 Å². The van der Waals surface area contributed by atoms with E-state index in [0.717, 1.165) is 24.2 Å². The van der Waals surface area contributed by atoms with Crippen molar-refractivity contribution in [1.29, 1.82) is 0 Å². The third kappa shape index (κ3) is 2.10. The van der Waals surface area contributed by atoms with Crippen LogP contribution in [0.25, 0.3) is 32.7 Å². The molecule has 0 bridgehead atoms. The summed E-state index contributed by atoms with van der Waals surface area (Å²) < 4.78 is 3.64. The Bertz CT molecular complexity index is 1060. The molecule has 0 amide bonds. The van der Waals surface area contributed by atoms with Gasteiger partial charge in [-0.05, 0) is 31.5 Å². The van der Waals surface area contributed by atoms with E-state index in [0.29, 0.717) is 0 Å². The molecule has 3 nitrogen and oxygen atoms in total. The molecule has 4 aromatic rings. The molecule has 1 aliphatic heterocycles. The molecule has 2 aromatic carbocycles. The summed E-state index contributed by atoms with van der Waals surface area (Å²) in [5.41, 5.74) is 9.06. The Balaban J connectivity index is 1.77. The zero-order chi connectivity index (χ0) is 16.1. The van der Waals surface area contributed by atoms with Gasteiger partial charge in [-0.3, -0.25) is 0 Å². The number of thiazole rings is 1. The summed E-state index contributed by atoms with van der Waals surface area (Å²) in [6.07, 6.45) is 2.26. The highest BCUT2D eigenvalue weighted by atomic mass is 32.1. The van der Waals surface area contributed by atoms with Crippen LogP contribution in [-0.2, 0) is 13.0 Å². The highest BCUT2D eigenvalue weighted by Gasteiger charge is 2.23. The minimum atomic E-state index is 1.06. The second kappa shape index (κ2) is 5.28. The summed E-state index contributed by atoms with van der Waals surface area (Å²) in [5.74, 6) is 1.21. The topological polar surface area (TPSA) is 30.7 Å². The van der Waals surface area contributed by atoms with Gasteiger partial charge in [-0.2, -0.15) is 0 Å².